The summed E-state index contributed by atoms with van der Waals surface area (Å²) in [5.41, 5.74) is 10.1. The molecule has 0 radical (unpaired) electrons. The van der Waals surface area contributed by atoms with Gasteiger partial charge < -0.3 is 25.9 Å². The molecule has 2 aliphatic rings. The number of amides is 2. The number of pyridine rings is 1. The standard InChI is InChI=1S/C33H31Cl2F2N9O/c1-44(2)33(47)46-11-3-4-24(46)17-45-18-29(42-43-45)31(19-5-7-21(36)8-6-19)41-23-12-25-30(40-22-9-10-28(37)26(34)13-22)20(15-38)16-39-32(25)27(35)14-23/h5-10,12-14,16,18,24,31,41-43H,3-4,11,17H2,1-2H3,(H,39,40)/t24-,31?/m1/s1. The van der Waals surface area contributed by atoms with Crippen LogP contribution in [0.2, 0.25) is 10.0 Å². The van der Waals surface area contributed by atoms with Crippen molar-refractivity contribution in [3.63, 3.8) is 0 Å². The molecule has 0 spiro atoms. The summed E-state index contributed by atoms with van der Waals surface area (Å²) < 4.78 is 27.8. The predicted molar refractivity (Wildman–Crippen MR) is 179 cm³/mol. The van der Waals surface area contributed by atoms with E-state index in [4.69, 9.17) is 23.2 Å². The molecule has 1 fully saturated rings. The molecule has 10 nitrogen and oxygen atoms in total. The van der Waals surface area contributed by atoms with E-state index in [1.165, 1.54) is 36.5 Å². The minimum atomic E-state index is -0.566. The molecule has 0 saturated carbocycles. The fraction of sp³-hybridized carbons (Fsp3) is 0.242. The van der Waals surface area contributed by atoms with E-state index in [0.717, 1.165) is 24.1 Å². The summed E-state index contributed by atoms with van der Waals surface area (Å²) in [7, 11) is 3.50. The van der Waals surface area contributed by atoms with Gasteiger partial charge in [0.1, 0.15) is 17.7 Å². The molecule has 14 heteroatoms. The molecule has 2 aliphatic heterocycles. The van der Waals surface area contributed by atoms with Gasteiger partial charge in [-0.05, 0) is 60.9 Å². The molecule has 4 N–H and O–H groups in total. The highest BCUT2D eigenvalue weighted by Crippen LogP contribution is 2.37. The van der Waals surface area contributed by atoms with Crippen LogP contribution in [0.4, 0.5) is 30.6 Å². The zero-order valence-electron chi connectivity index (χ0n) is 25.5. The smallest absolute Gasteiger partial charge is 0.319 e. The van der Waals surface area contributed by atoms with Crippen molar-refractivity contribution in [3.05, 3.63) is 105 Å². The summed E-state index contributed by atoms with van der Waals surface area (Å²) >= 11 is 12.8. The summed E-state index contributed by atoms with van der Waals surface area (Å²) in [6.45, 7) is 1.26. The molecule has 3 heterocycles. The highest BCUT2D eigenvalue weighted by atomic mass is 35.5. The number of nitriles is 1. The molecule has 1 unspecified atom stereocenters. The van der Waals surface area contributed by atoms with Crippen LogP contribution in [0.15, 0.2) is 72.7 Å². The first kappa shape index (κ1) is 32.1. The van der Waals surface area contributed by atoms with E-state index in [1.54, 1.807) is 37.2 Å². The Labute approximate surface area is 280 Å². The average Bonchev–Trinajstić information content (AvgIpc) is 3.72. The molecule has 0 bridgehead atoms. The van der Waals surface area contributed by atoms with E-state index in [1.807, 2.05) is 22.2 Å². The van der Waals surface area contributed by atoms with Crippen molar-refractivity contribution in [2.45, 2.75) is 24.9 Å². The van der Waals surface area contributed by atoms with Crippen molar-refractivity contribution in [1.29, 1.82) is 5.26 Å². The summed E-state index contributed by atoms with van der Waals surface area (Å²) in [4.78, 5) is 20.6. The highest BCUT2D eigenvalue weighted by Gasteiger charge is 2.32. The Morgan fingerprint density at radius 2 is 1.89 bits per heavy atom. The summed E-state index contributed by atoms with van der Waals surface area (Å²) in [6, 6.07) is 15.5. The summed E-state index contributed by atoms with van der Waals surface area (Å²) in [5, 5.41) is 19.3. The Kier molecular flexibility index (Phi) is 9.22. The van der Waals surface area contributed by atoms with Gasteiger partial charge in [0.2, 0.25) is 0 Å². The van der Waals surface area contributed by atoms with E-state index in [-0.39, 0.29) is 28.5 Å². The molecule has 242 valence electrons. The minimum absolute atomic E-state index is 0.0201. The normalized spacial score (nSPS) is 16.4. The third kappa shape index (κ3) is 6.83. The van der Waals surface area contributed by atoms with Crippen LogP contribution < -0.4 is 21.6 Å². The lowest BCUT2D eigenvalue weighted by atomic mass is 10.0. The highest BCUT2D eigenvalue weighted by molar-refractivity contribution is 6.36. The van der Waals surface area contributed by atoms with Gasteiger partial charge in [-0.25, -0.2) is 13.6 Å². The lowest BCUT2D eigenvalue weighted by Gasteiger charge is -2.30. The van der Waals surface area contributed by atoms with Gasteiger partial charge in [0.15, 0.2) is 0 Å². The van der Waals surface area contributed by atoms with Gasteiger partial charge in [0, 0.05) is 49.8 Å². The molecule has 4 aromatic rings. The second kappa shape index (κ2) is 13.5. The van der Waals surface area contributed by atoms with E-state index < -0.39 is 11.9 Å². The molecule has 47 heavy (non-hydrogen) atoms. The van der Waals surface area contributed by atoms with Crippen LogP contribution in [0, 0.1) is 23.0 Å². The number of nitrogens with zero attached hydrogens (tertiary/aromatic N) is 5. The SMILES string of the molecule is CN(C)C(=O)N1CCC[C@@H]1CN1C=C(C(Nc2cc(Cl)c3ncc(C#N)c(Nc4ccc(F)c(Cl)c4)c3c2)c2ccc(F)cc2)NN1. The van der Waals surface area contributed by atoms with E-state index >= 15 is 0 Å². The maximum Gasteiger partial charge on any atom is 0.319 e. The molecule has 1 saturated heterocycles. The molecule has 1 aromatic heterocycles. The zero-order valence-corrected chi connectivity index (χ0v) is 27.0. The number of carbonyl (C=O) groups is 1. The zero-order chi connectivity index (χ0) is 33.2. The third-order valence-electron chi connectivity index (χ3n) is 8.11. The number of benzene rings is 3. The number of likely N-dealkylation sites (tertiary alicyclic amines) is 1. The van der Waals surface area contributed by atoms with Crippen LogP contribution in [0.25, 0.3) is 10.9 Å². The average molecular weight is 679 g/mol. The van der Waals surface area contributed by atoms with Crippen molar-refractivity contribution in [2.24, 2.45) is 0 Å². The molecule has 0 aliphatic carbocycles. The van der Waals surface area contributed by atoms with Gasteiger partial charge in [-0.3, -0.25) is 9.99 Å². The van der Waals surface area contributed by atoms with E-state index in [9.17, 15) is 18.8 Å². The lowest BCUT2D eigenvalue weighted by Crippen LogP contribution is -2.49. The van der Waals surface area contributed by atoms with Crippen LogP contribution in [-0.4, -0.2) is 59.1 Å². The number of hydrogen-bond donors (Lipinski definition) is 4. The van der Waals surface area contributed by atoms with E-state index in [2.05, 4.69) is 32.6 Å². The molecular formula is C33H31Cl2F2N9O. The number of urea groups is 1. The lowest BCUT2D eigenvalue weighted by molar-refractivity contribution is 0.146. The van der Waals surface area contributed by atoms with Crippen molar-refractivity contribution >= 4 is 57.2 Å². The van der Waals surface area contributed by atoms with Gasteiger partial charge >= 0.3 is 6.03 Å². The Hall–Kier alpha value is -4.83. The number of anilines is 3. The molecule has 2 atom stereocenters. The predicted octanol–water partition coefficient (Wildman–Crippen LogP) is 6.90. The maximum atomic E-state index is 14.0. The number of halogens is 4. The number of hydrogen-bond acceptors (Lipinski definition) is 8. The van der Waals surface area contributed by atoms with E-state index in [0.29, 0.717) is 46.1 Å². The van der Waals surface area contributed by atoms with Crippen LogP contribution >= 0.6 is 23.2 Å². The van der Waals surface area contributed by atoms with Gasteiger partial charge in [0.25, 0.3) is 0 Å². The van der Waals surface area contributed by atoms with Crippen molar-refractivity contribution in [2.75, 3.05) is 37.8 Å². The molecule has 3 aromatic carbocycles. The topological polar surface area (TPSA) is 112 Å². The van der Waals surface area contributed by atoms with Gasteiger partial charge in [-0.2, -0.15) is 5.26 Å². The Bertz CT molecular complexity index is 1900. The number of fused-ring (bicyclic) bond motifs is 1. The Morgan fingerprint density at radius 3 is 2.62 bits per heavy atom. The minimum Gasteiger partial charge on any atom is -0.373 e. The van der Waals surface area contributed by atoms with Crippen molar-refractivity contribution in [3.8, 4) is 6.07 Å². The first-order chi connectivity index (χ1) is 22.6. The maximum absolute atomic E-state index is 14.0. The largest absolute Gasteiger partial charge is 0.373 e. The Morgan fingerprint density at radius 1 is 1.13 bits per heavy atom. The van der Waals surface area contributed by atoms with Crippen LogP contribution in [0.3, 0.4) is 0 Å². The molecule has 2 amide bonds. The van der Waals surface area contributed by atoms with Crippen LogP contribution in [0.1, 0.15) is 30.0 Å². The summed E-state index contributed by atoms with van der Waals surface area (Å²) in [5.74, 6) is -0.933. The quantitative estimate of drug-likeness (QED) is 0.159. The van der Waals surface area contributed by atoms with Gasteiger partial charge in [0.05, 0.1) is 51.1 Å². The van der Waals surface area contributed by atoms with Crippen LogP contribution in [-0.2, 0) is 0 Å². The van der Waals surface area contributed by atoms with Crippen molar-refractivity contribution in [1.82, 2.24) is 30.8 Å². The molecular weight excluding hydrogens is 647 g/mol. The number of rotatable bonds is 8. The van der Waals surface area contributed by atoms with Crippen LogP contribution in [0.5, 0.6) is 0 Å². The summed E-state index contributed by atoms with van der Waals surface area (Å²) in [6.07, 6.45) is 5.15. The van der Waals surface area contributed by atoms with Gasteiger partial charge in [-0.15, -0.1) is 5.53 Å². The number of aromatic nitrogens is 1. The number of hydrazine groups is 2. The second-order valence-electron chi connectivity index (χ2n) is 11.5. The fourth-order valence-corrected chi connectivity index (χ4v) is 6.27. The first-order valence-corrected chi connectivity index (χ1v) is 15.6. The fourth-order valence-electron chi connectivity index (χ4n) is 5.82. The monoisotopic (exact) mass is 677 g/mol. The Balaban J connectivity index is 1.34. The second-order valence-corrected chi connectivity index (χ2v) is 12.4. The van der Waals surface area contributed by atoms with Crippen molar-refractivity contribution < 1.29 is 13.6 Å². The molecule has 6 rings (SSSR count). The number of nitrogens with one attached hydrogen (secondary N) is 4. The van der Waals surface area contributed by atoms with Gasteiger partial charge in [-0.1, -0.05) is 35.3 Å². The third-order valence-corrected chi connectivity index (χ3v) is 8.69. The number of carbonyl (C=O) groups excluding carboxylic acids is 1. The first-order valence-electron chi connectivity index (χ1n) is 14.9.